The zero-order valence-corrected chi connectivity index (χ0v) is 9.40. The molecule has 1 aromatic carbocycles. The molecule has 0 unspecified atom stereocenters. The fourth-order valence-electron chi connectivity index (χ4n) is 1.22. The van der Waals surface area contributed by atoms with Crippen LogP contribution in [0.15, 0.2) is 35.1 Å². The van der Waals surface area contributed by atoms with Crippen molar-refractivity contribution in [2.45, 2.75) is 0 Å². The molecular formula is C9H6BrFN2S. The van der Waals surface area contributed by atoms with Crippen molar-refractivity contribution in [3.8, 4) is 5.69 Å². The number of halogens is 2. The van der Waals surface area contributed by atoms with Crippen LogP contribution in [0, 0.1) is 10.6 Å². The van der Waals surface area contributed by atoms with Crippen molar-refractivity contribution in [3.63, 3.8) is 0 Å². The van der Waals surface area contributed by atoms with Crippen LogP contribution in [-0.2, 0) is 0 Å². The molecule has 1 aromatic heterocycles. The van der Waals surface area contributed by atoms with Crippen molar-refractivity contribution in [1.29, 1.82) is 0 Å². The fraction of sp³-hybridized carbons (Fsp3) is 0. The molecule has 1 heterocycles. The van der Waals surface area contributed by atoms with Crippen LogP contribution in [0.5, 0.6) is 0 Å². The zero-order valence-electron chi connectivity index (χ0n) is 7.00. The van der Waals surface area contributed by atoms with E-state index in [1.54, 1.807) is 29.1 Å². The summed E-state index contributed by atoms with van der Waals surface area (Å²) in [4.78, 5) is 2.81. The number of nitrogens with zero attached hydrogens (tertiary/aromatic N) is 1. The zero-order chi connectivity index (χ0) is 10.1. The van der Waals surface area contributed by atoms with E-state index in [1.165, 1.54) is 6.07 Å². The number of nitrogens with one attached hydrogen (secondary N) is 1. The Bertz CT molecular complexity index is 497. The highest BCUT2D eigenvalue weighted by atomic mass is 79.9. The summed E-state index contributed by atoms with van der Waals surface area (Å²) >= 11 is 8.29. The summed E-state index contributed by atoms with van der Waals surface area (Å²) < 4.78 is 16.2. The summed E-state index contributed by atoms with van der Waals surface area (Å²) in [6.45, 7) is 0. The summed E-state index contributed by atoms with van der Waals surface area (Å²) in [6, 6.07) is 4.81. The largest absolute Gasteiger partial charge is 0.337 e. The molecule has 5 heteroatoms. The van der Waals surface area contributed by atoms with E-state index in [0.29, 0.717) is 14.9 Å². The molecule has 0 radical (unpaired) electrons. The Labute approximate surface area is 93.5 Å². The number of rotatable bonds is 1. The van der Waals surface area contributed by atoms with Gasteiger partial charge in [-0.05, 0) is 40.3 Å². The highest BCUT2D eigenvalue weighted by Gasteiger charge is 2.08. The maximum atomic E-state index is 13.5. The normalized spacial score (nSPS) is 10.4. The lowest BCUT2D eigenvalue weighted by Gasteiger charge is -2.05. The molecule has 0 aliphatic rings. The van der Waals surface area contributed by atoms with Crippen molar-refractivity contribution >= 4 is 28.1 Å². The number of para-hydroxylation sites is 1. The van der Waals surface area contributed by atoms with Gasteiger partial charge in [-0.25, -0.2) is 4.39 Å². The van der Waals surface area contributed by atoms with Gasteiger partial charge in [-0.1, -0.05) is 6.07 Å². The molecule has 0 spiro atoms. The van der Waals surface area contributed by atoms with Crippen LogP contribution in [0.25, 0.3) is 5.69 Å². The van der Waals surface area contributed by atoms with Gasteiger partial charge in [0, 0.05) is 16.9 Å². The molecule has 2 aromatic rings. The van der Waals surface area contributed by atoms with E-state index in [0.717, 1.165) is 0 Å². The van der Waals surface area contributed by atoms with E-state index in [2.05, 4.69) is 20.9 Å². The minimum absolute atomic E-state index is 0.310. The van der Waals surface area contributed by atoms with E-state index < -0.39 is 0 Å². The van der Waals surface area contributed by atoms with Gasteiger partial charge in [0.15, 0.2) is 4.77 Å². The number of hydrogen-bond donors (Lipinski definition) is 1. The highest BCUT2D eigenvalue weighted by molar-refractivity contribution is 9.10. The first-order chi connectivity index (χ1) is 6.70. The predicted octanol–water partition coefficient (Wildman–Crippen LogP) is 3.44. The number of H-pyrrole nitrogens is 1. The third-order valence-corrected chi connectivity index (χ3v) is 2.78. The number of hydrogen-bond acceptors (Lipinski definition) is 1. The first kappa shape index (κ1) is 9.61. The van der Waals surface area contributed by atoms with Crippen LogP contribution < -0.4 is 0 Å². The molecule has 2 rings (SSSR count). The molecule has 0 saturated heterocycles. The lowest BCUT2D eigenvalue weighted by Crippen LogP contribution is -1.97. The van der Waals surface area contributed by atoms with Crippen molar-refractivity contribution < 1.29 is 4.39 Å². The number of aromatic amines is 1. The van der Waals surface area contributed by atoms with E-state index in [-0.39, 0.29) is 5.82 Å². The van der Waals surface area contributed by atoms with E-state index in [9.17, 15) is 4.39 Å². The molecule has 1 N–H and O–H groups in total. The van der Waals surface area contributed by atoms with E-state index in [1.807, 2.05) is 0 Å². The average molecular weight is 273 g/mol. The van der Waals surface area contributed by atoms with Gasteiger partial charge in [-0.3, -0.25) is 4.57 Å². The molecule has 0 bridgehead atoms. The van der Waals surface area contributed by atoms with Gasteiger partial charge in [0.25, 0.3) is 0 Å². The third-order valence-electron chi connectivity index (χ3n) is 1.83. The molecular weight excluding hydrogens is 267 g/mol. The van der Waals surface area contributed by atoms with Gasteiger partial charge in [-0.2, -0.15) is 0 Å². The smallest absolute Gasteiger partial charge is 0.181 e. The molecule has 0 atom stereocenters. The molecule has 0 saturated carbocycles. The number of aromatic nitrogens is 2. The Kier molecular flexibility index (Phi) is 2.52. The summed E-state index contributed by atoms with van der Waals surface area (Å²) in [7, 11) is 0. The van der Waals surface area contributed by atoms with Crippen molar-refractivity contribution in [1.82, 2.24) is 9.55 Å². The first-order valence-corrected chi connectivity index (χ1v) is 5.10. The monoisotopic (exact) mass is 272 g/mol. The average Bonchev–Trinajstić information content (AvgIpc) is 2.52. The molecule has 14 heavy (non-hydrogen) atoms. The van der Waals surface area contributed by atoms with Crippen LogP contribution in [0.2, 0.25) is 0 Å². The van der Waals surface area contributed by atoms with Crippen LogP contribution in [0.4, 0.5) is 4.39 Å². The number of benzene rings is 1. The number of imidazole rings is 1. The van der Waals surface area contributed by atoms with Gasteiger partial charge in [-0.15, -0.1) is 0 Å². The second-order valence-corrected chi connectivity index (χ2v) is 3.95. The Morgan fingerprint density at radius 2 is 2.21 bits per heavy atom. The second-order valence-electron chi connectivity index (χ2n) is 2.71. The van der Waals surface area contributed by atoms with Crippen LogP contribution in [-0.4, -0.2) is 9.55 Å². The summed E-state index contributed by atoms with van der Waals surface area (Å²) in [5.74, 6) is -0.310. The molecule has 0 amide bonds. The van der Waals surface area contributed by atoms with Crippen LogP contribution >= 0.6 is 28.1 Å². The van der Waals surface area contributed by atoms with Crippen LogP contribution in [0.1, 0.15) is 0 Å². The van der Waals surface area contributed by atoms with E-state index >= 15 is 0 Å². The fourth-order valence-corrected chi connectivity index (χ4v) is 1.97. The summed E-state index contributed by atoms with van der Waals surface area (Å²) in [6.07, 6.45) is 3.35. The second kappa shape index (κ2) is 3.67. The lowest BCUT2D eigenvalue weighted by molar-refractivity contribution is 0.616. The predicted molar refractivity (Wildman–Crippen MR) is 58.6 cm³/mol. The Morgan fingerprint density at radius 3 is 2.79 bits per heavy atom. The Balaban J connectivity index is 2.74. The summed E-state index contributed by atoms with van der Waals surface area (Å²) in [5, 5.41) is 0. The minimum atomic E-state index is -0.310. The van der Waals surface area contributed by atoms with Gasteiger partial charge in [0.1, 0.15) is 5.82 Å². The lowest BCUT2D eigenvalue weighted by atomic mass is 10.3. The minimum Gasteiger partial charge on any atom is -0.337 e. The first-order valence-electron chi connectivity index (χ1n) is 3.90. The van der Waals surface area contributed by atoms with Gasteiger partial charge in [0.05, 0.1) is 5.69 Å². The maximum Gasteiger partial charge on any atom is 0.181 e. The van der Waals surface area contributed by atoms with E-state index in [4.69, 9.17) is 12.2 Å². The molecule has 0 fully saturated rings. The highest BCUT2D eigenvalue weighted by Crippen LogP contribution is 2.23. The van der Waals surface area contributed by atoms with Gasteiger partial charge in [0.2, 0.25) is 0 Å². The molecule has 2 nitrogen and oxygen atoms in total. The van der Waals surface area contributed by atoms with Crippen molar-refractivity contribution in [2.75, 3.05) is 0 Å². The van der Waals surface area contributed by atoms with Gasteiger partial charge < -0.3 is 4.98 Å². The Morgan fingerprint density at radius 1 is 1.43 bits per heavy atom. The third kappa shape index (κ3) is 1.53. The molecule has 0 aliphatic carbocycles. The SMILES string of the molecule is Fc1cccc(Br)c1-n1cc[nH]c1=S. The van der Waals surface area contributed by atoms with Crippen molar-refractivity contribution in [3.05, 3.63) is 45.7 Å². The Hall–Kier alpha value is -0.940. The van der Waals surface area contributed by atoms with Crippen LogP contribution in [0.3, 0.4) is 0 Å². The molecule has 0 aliphatic heterocycles. The van der Waals surface area contributed by atoms with Crippen molar-refractivity contribution in [2.24, 2.45) is 0 Å². The topological polar surface area (TPSA) is 20.7 Å². The van der Waals surface area contributed by atoms with Gasteiger partial charge >= 0.3 is 0 Å². The quantitative estimate of drug-likeness (QED) is 0.789. The maximum absolute atomic E-state index is 13.5. The summed E-state index contributed by atoms with van der Waals surface area (Å²) in [5.41, 5.74) is 0.429. The standard InChI is InChI=1S/C9H6BrFN2S/c10-6-2-1-3-7(11)8(6)13-5-4-12-9(13)14/h1-5H,(H,12,14). The molecule has 72 valence electrons.